The zero-order valence-electron chi connectivity index (χ0n) is 7.27. The average Bonchev–Trinajstić information content (AvgIpc) is 2.43. The molecule has 0 fully saturated rings. The van der Waals surface area contributed by atoms with Crippen molar-refractivity contribution in [2.45, 2.75) is 0 Å². The summed E-state index contributed by atoms with van der Waals surface area (Å²) in [6, 6.07) is 4.67. The Balaban J connectivity index is 2.76. The molecule has 0 aliphatic heterocycles. The maximum absolute atomic E-state index is 10.5. The fourth-order valence-corrected chi connectivity index (χ4v) is 1.81. The van der Waals surface area contributed by atoms with Gasteiger partial charge in [0.15, 0.2) is 0 Å². The molecule has 0 radical (unpaired) electrons. The third-order valence-corrected chi connectivity index (χ3v) is 3.23. The first-order chi connectivity index (χ1) is 6.59. The van der Waals surface area contributed by atoms with Crippen molar-refractivity contribution in [3.8, 4) is 0 Å². The summed E-state index contributed by atoms with van der Waals surface area (Å²) in [7, 11) is 1.81. The third kappa shape index (κ3) is 1.35. The second kappa shape index (κ2) is 3.19. The Hall–Kier alpha value is -1.18. The molecule has 0 N–H and O–H groups in total. The first-order valence-corrected chi connectivity index (χ1v) is 4.94. The number of rotatable bonds is 1. The maximum atomic E-state index is 10.5. The Bertz CT molecular complexity index is 521. The smallest absolute Gasteiger partial charge is 0.261 e. The van der Waals surface area contributed by atoms with Crippen LogP contribution in [0.25, 0.3) is 10.9 Å². The van der Waals surface area contributed by atoms with Gasteiger partial charge in [0, 0.05) is 24.6 Å². The van der Waals surface area contributed by atoms with Crippen molar-refractivity contribution in [1.82, 2.24) is 9.78 Å². The number of non-ortho nitro benzene ring substituents is 1. The Morgan fingerprint density at radius 3 is 2.93 bits per heavy atom. The molecule has 1 aromatic heterocycles. The Morgan fingerprint density at radius 2 is 2.29 bits per heavy atom. The second-order valence-corrected chi connectivity index (χ2v) is 3.89. The van der Waals surface area contributed by atoms with E-state index in [-0.39, 0.29) is 5.69 Å². The molecule has 0 amide bonds. The molecule has 2 rings (SSSR count). The van der Waals surface area contributed by atoms with Gasteiger partial charge in [-0.2, -0.15) is 5.10 Å². The zero-order valence-corrected chi connectivity index (χ0v) is 9.43. The number of aromatic nitrogens is 2. The number of nitro groups is 1. The van der Waals surface area contributed by atoms with Gasteiger partial charge < -0.3 is 0 Å². The highest BCUT2D eigenvalue weighted by Crippen LogP contribution is 2.24. The average molecular weight is 303 g/mol. The van der Waals surface area contributed by atoms with Crippen LogP contribution in [0.4, 0.5) is 5.69 Å². The Morgan fingerprint density at radius 1 is 1.57 bits per heavy atom. The minimum atomic E-state index is -0.400. The van der Waals surface area contributed by atoms with E-state index in [2.05, 4.69) is 27.7 Å². The maximum Gasteiger partial charge on any atom is 0.270 e. The normalized spacial score (nSPS) is 10.7. The second-order valence-electron chi connectivity index (χ2n) is 2.87. The fourth-order valence-electron chi connectivity index (χ4n) is 1.27. The first kappa shape index (κ1) is 9.38. The summed E-state index contributed by atoms with van der Waals surface area (Å²) in [6.45, 7) is 0. The van der Waals surface area contributed by atoms with E-state index in [0.29, 0.717) is 0 Å². The molecule has 0 saturated carbocycles. The van der Waals surface area contributed by atoms with E-state index in [4.69, 9.17) is 0 Å². The van der Waals surface area contributed by atoms with E-state index in [1.807, 2.05) is 7.05 Å². The lowest BCUT2D eigenvalue weighted by atomic mass is 10.2. The fraction of sp³-hybridized carbons (Fsp3) is 0.125. The molecule has 1 heterocycles. The molecule has 6 heteroatoms. The Labute approximate surface area is 93.0 Å². The molecular formula is C8H6IN3O2. The summed E-state index contributed by atoms with van der Waals surface area (Å²) in [5.74, 6) is 0. The van der Waals surface area contributed by atoms with Gasteiger partial charge in [0.1, 0.15) is 3.70 Å². The van der Waals surface area contributed by atoms with Gasteiger partial charge in [-0.3, -0.25) is 14.8 Å². The van der Waals surface area contributed by atoms with Gasteiger partial charge in [-0.25, -0.2) is 0 Å². The molecule has 0 unspecified atom stereocenters. The summed E-state index contributed by atoms with van der Waals surface area (Å²) in [4.78, 5) is 10.1. The molecule has 5 nitrogen and oxygen atoms in total. The topological polar surface area (TPSA) is 61.0 Å². The zero-order chi connectivity index (χ0) is 10.3. The molecule has 14 heavy (non-hydrogen) atoms. The van der Waals surface area contributed by atoms with E-state index < -0.39 is 4.92 Å². The highest BCUT2D eigenvalue weighted by Gasteiger charge is 2.11. The van der Waals surface area contributed by atoms with Gasteiger partial charge in [-0.05, 0) is 28.7 Å². The van der Waals surface area contributed by atoms with Crippen molar-refractivity contribution < 1.29 is 4.92 Å². The van der Waals surface area contributed by atoms with Crippen LogP contribution in [-0.4, -0.2) is 14.7 Å². The molecule has 0 saturated heterocycles. The molecule has 0 atom stereocenters. The van der Waals surface area contributed by atoms with Crippen molar-refractivity contribution in [3.05, 3.63) is 32.0 Å². The number of benzene rings is 1. The minimum Gasteiger partial charge on any atom is -0.261 e. The molecular weight excluding hydrogens is 297 g/mol. The predicted octanol–water partition coefficient (Wildman–Crippen LogP) is 2.09. The van der Waals surface area contributed by atoms with Gasteiger partial charge >= 0.3 is 0 Å². The molecule has 0 bridgehead atoms. The molecule has 0 aliphatic carbocycles. The van der Waals surface area contributed by atoms with E-state index >= 15 is 0 Å². The molecule has 0 spiro atoms. The van der Waals surface area contributed by atoms with Crippen molar-refractivity contribution in [2.75, 3.05) is 0 Å². The summed E-state index contributed by atoms with van der Waals surface area (Å²) in [6.07, 6.45) is 0. The van der Waals surface area contributed by atoms with Crippen molar-refractivity contribution in [2.24, 2.45) is 7.05 Å². The SMILES string of the molecule is Cn1nc2ccc([N+](=O)[O-])cc2c1I. The van der Waals surface area contributed by atoms with Gasteiger partial charge in [0.05, 0.1) is 10.4 Å². The van der Waals surface area contributed by atoms with Crippen LogP contribution >= 0.6 is 22.6 Å². The van der Waals surface area contributed by atoms with Crippen LogP contribution in [0.2, 0.25) is 0 Å². The largest absolute Gasteiger partial charge is 0.270 e. The van der Waals surface area contributed by atoms with E-state index in [1.165, 1.54) is 6.07 Å². The predicted molar refractivity (Wildman–Crippen MR) is 60.1 cm³/mol. The van der Waals surface area contributed by atoms with Crippen molar-refractivity contribution in [1.29, 1.82) is 0 Å². The lowest BCUT2D eigenvalue weighted by Crippen LogP contribution is -1.91. The minimum absolute atomic E-state index is 0.100. The van der Waals surface area contributed by atoms with Gasteiger partial charge in [0.2, 0.25) is 0 Å². The standard InChI is InChI=1S/C8H6IN3O2/c1-11-8(9)6-4-5(12(13)14)2-3-7(6)10-11/h2-4H,1H3. The summed E-state index contributed by atoms with van der Waals surface area (Å²) >= 11 is 2.12. The Kier molecular flexibility index (Phi) is 2.14. The van der Waals surface area contributed by atoms with Crippen LogP contribution in [-0.2, 0) is 7.05 Å². The van der Waals surface area contributed by atoms with Crippen LogP contribution in [0.1, 0.15) is 0 Å². The number of halogens is 1. The highest BCUT2D eigenvalue weighted by atomic mass is 127. The number of hydrogen-bond donors (Lipinski definition) is 0. The number of nitrogens with zero attached hydrogens (tertiary/aromatic N) is 3. The highest BCUT2D eigenvalue weighted by molar-refractivity contribution is 14.1. The van der Waals surface area contributed by atoms with E-state index in [0.717, 1.165) is 14.6 Å². The molecule has 2 aromatic rings. The lowest BCUT2D eigenvalue weighted by Gasteiger charge is -1.91. The monoisotopic (exact) mass is 303 g/mol. The van der Waals surface area contributed by atoms with Crippen LogP contribution < -0.4 is 0 Å². The summed E-state index contributed by atoms with van der Waals surface area (Å²) in [5, 5.41) is 15.6. The number of nitro benzene ring substituents is 1. The summed E-state index contributed by atoms with van der Waals surface area (Å²) < 4.78 is 2.61. The van der Waals surface area contributed by atoms with Crippen LogP contribution in [0.15, 0.2) is 18.2 Å². The van der Waals surface area contributed by atoms with E-state index in [1.54, 1.807) is 16.8 Å². The van der Waals surface area contributed by atoms with Crippen LogP contribution in [0.3, 0.4) is 0 Å². The lowest BCUT2D eigenvalue weighted by molar-refractivity contribution is -0.384. The van der Waals surface area contributed by atoms with Crippen LogP contribution in [0, 0.1) is 13.8 Å². The van der Waals surface area contributed by atoms with Crippen LogP contribution in [0.5, 0.6) is 0 Å². The molecule has 0 aliphatic rings. The molecule has 72 valence electrons. The van der Waals surface area contributed by atoms with Gasteiger partial charge in [-0.15, -0.1) is 0 Å². The van der Waals surface area contributed by atoms with Crippen molar-refractivity contribution in [3.63, 3.8) is 0 Å². The third-order valence-electron chi connectivity index (χ3n) is 1.96. The van der Waals surface area contributed by atoms with E-state index in [9.17, 15) is 10.1 Å². The van der Waals surface area contributed by atoms with Crippen molar-refractivity contribution >= 4 is 39.2 Å². The van der Waals surface area contributed by atoms with Gasteiger partial charge in [-0.1, -0.05) is 0 Å². The van der Waals surface area contributed by atoms with Gasteiger partial charge in [0.25, 0.3) is 5.69 Å². The molecule has 1 aromatic carbocycles. The summed E-state index contributed by atoms with van der Waals surface area (Å²) in [5.41, 5.74) is 0.880. The number of fused-ring (bicyclic) bond motifs is 1. The number of aryl methyl sites for hydroxylation is 1. The quantitative estimate of drug-likeness (QED) is 0.460. The first-order valence-electron chi connectivity index (χ1n) is 3.86. The number of hydrogen-bond acceptors (Lipinski definition) is 3.